The van der Waals surface area contributed by atoms with Gasteiger partial charge in [0, 0.05) is 12.1 Å². The standard InChI is InChI=1S/C13H18N4O/c1-17(2)7-3-6-14-13(18)10-4-5-11-12(8-10)16-9-15-11/h4-5,8-9H,3,6-7H2,1-2H3,(H,14,18)(H,15,16). The molecule has 5 nitrogen and oxygen atoms in total. The Balaban J connectivity index is 1.92. The molecule has 0 saturated carbocycles. The fourth-order valence-electron chi connectivity index (χ4n) is 1.78. The molecule has 18 heavy (non-hydrogen) atoms. The van der Waals surface area contributed by atoms with Crippen LogP contribution < -0.4 is 5.32 Å². The van der Waals surface area contributed by atoms with Gasteiger partial charge in [-0.2, -0.15) is 0 Å². The van der Waals surface area contributed by atoms with Crippen LogP contribution in [0.1, 0.15) is 16.8 Å². The molecule has 0 saturated heterocycles. The molecule has 96 valence electrons. The van der Waals surface area contributed by atoms with E-state index in [0.29, 0.717) is 12.1 Å². The highest BCUT2D eigenvalue weighted by atomic mass is 16.1. The zero-order chi connectivity index (χ0) is 13.0. The molecule has 1 aromatic carbocycles. The number of benzene rings is 1. The van der Waals surface area contributed by atoms with Crippen molar-refractivity contribution in [1.82, 2.24) is 20.2 Å². The van der Waals surface area contributed by atoms with Gasteiger partial charge >= 0.3 is 0 Å². The number of nitrogens with one attached hydrogen (secondary N) is 2. The lowest BCUT2D eigenvalue weighted by Crippen LogP contribution is -2.27. The van der Waals surface area contributed by atoms with Crippen LogP contribution in [-0.2, 0) is 0 Å². The number of carbonyl (C=O) groups is 1. The number of hydrogen-bond donors (Lipinski definition) is 2. The number of amides is 1. The fraction of sp³-hybridized carbons (Fsp3) is 0.385. The predicted octanol–water partition coefficient (Wildman–Crippen LogP) is 1.24. The van der Waals surface area contributed by atoms with E-state index in [4.69, 9.17) is 0 Å². The van der Waals surface area contributed by atoms with E-state index in [1.165, 1.54) is 0 Å². The maximum Gasteiger partial charge on any atom is 0.251 e. The molecule has 2 rings (SSSR count). The third-order valence-corrected chi connectivity index (χ3v) is 2.75. The summed E-state index contributed by atoms with van der Waals surface area (Å²) in [6.45, 7) is 1.66. The van der Waals surface area contributed by atoms with Crippen molar-refractivity contribution >= 4 is 16.9 Å². The Labute approximate surface area is 106 Å². The molecule has 1 amide bonds. The molecule has 0 atom stereocenters. The Hall–Kier alpha value is -1.88. The molecule has 0 aliphatic heterocycles. The molecule has 0 radical (unpaired) electrons. The van der Waals surface area contributed by atoms with Gasteiger partial charge in [-0.05, 0) is 45.3 Å². The van der Waals surface area contributed by atoms with E-state index in [1.54, 1.807) is 12.4 Å². The lowest BCUT2D eigenvalue weighted by molar-refractivity contribution is 0.0952. The summed E-state index contributed by atoms with van der Waals surface area (Å²) in [5, 5.41) is 2.91. The molecular formula is C13H18N4O. The van der Waals surface area contributed by atoms with E-state index in [-0.39, 0.29) is 5.91 Å². The third-order valence-electron chi connectivity index (χ3n) is 2.75. The van der Waals surface area contributed by atoms with E-state index in [0.717, 1.165) is 24.0 Å². The smallest absolute Gasteiger partial charge is 0.251 e. The van der Waals surface area contributed by atoms with E-state index >= 15 is 0 Å². The molecule has 0 spiro atoms. The Morgan fingerprint density at radius 2 is 2.28 bits per heavy atom. The first-order chi connectivity index (χ1) is 8.66. The Kier molecular flexibility index (Phi) is 3.94. The van der Waals surface area contributed by atoms with Crippen molar-refractivity contribution in [3.63, 3.8) is 0 Å². The van der Waals surface area contributed by atoms with Crippen LogP contribution in [-0.4, -0.2) is 48.0 Å². The monoisotopic (exact) mass is 246 g/mol. The van der Waals surface area contributed by atoms with Gasteiger partial charge in [-0.1, -0.05) is 0 Å². The van der Waals surface area contributed by atoms with Crippen LogP contribution in [0, 0.1) is 0 Å². The molecule has 0 fully saturated rings. The summed E-state index contributed by atoms with van der Waals surface area (Å²) in [6, 6.07) is 5.47. The number of aromatic amines is 1. The average molecular weight is 246 g/mol. The van der Waals surface area contributed by atoms with Crippen molar-refractivity contribution in [2.75, 3.05) is 27.2 Å². The molecule has 0 bridgehead atoms. The summed E-state index contributed by atoms with van der Waals surface area (Å²) in [7, 11) is 4.04. The van der Waals surface area contributed by atoms with Gasteiger partial charge in [0.1, 0.15) is 0 Å². The van der Waals surface area contributed by atoms with E-state index in [1.807, 2.05) is 26.2 Å². The van der Waals surface area contributed by atoms with Crippen LogP contribution in [0.5, 0.6) is 0 Å². The Bertz CT molecular complexity index is 533. The molecule has 2 aromatic rings. The van der Waals surface area contributed by atoms with Crippen LogP contribution in [0.3, 0.4) is 0 Å². The second kappa shape index (κ2) is 5.64. The summed E-state index contributed by atoms with van der Waals surface area (Å²) in [5.41, 5.74) is 2.42. The zero-order valence-electron chi connectivity index (χ0n) is 10.7. The quantitative estimate of drug-likeness (QED) is 0.780. The van der Waals surface area contributed by atoms with Crippen molar-refractivity contribution in [3.05, 3.63) is 30.1 Å². The molecule has 1 aromatic heterocycles. The van der Waals surface area contributed by atoms with Crippen LogP contribution in [0.4, 0.5) is 0 Å². The number of carbonyl (C=O) groups excluding carboxylic acids is 1. The first-order valence-corrected chi connectivity index (χ1v) is 6.03. The number of aromatic nitrogens is 2. The average Bonchev–Trinajstić information content (AvgIpc) is 2.81. The zero-order valence-corrected chi connectivity index (χ0v) is 10.7. The van der Waals surface area contributed by atoms with E-state index in [9.17, 15) is 4.79 Å². The minimum absolute atomic E-state index is 0.0368. The van der Waals surface area contributed by atoms with Crippen molar-refractivity contribution in [1.29, 1.82) is 0 Å². The second-order valence-electron chi connectivity index (χ2n) is 4.55. The molecular weight excluding hydrogens is 228 g/mol. The molecule has 2 N–H and O–H groups in total. The number of fused-ring (bicyclic) bond motifs is 1. The highest BCUT2D eigenvalue weighted by Crippen LogP contribution is 2.11. The van der Waals surface area contributed by atoms with Gasteiger partial charge < -0.3 is 15.2 Å². The summed E-state index contributed by atoms with van der Waals surface area (Å²) in [4.78, 5) is 21.1. The van der Waals surface area contributed by atoms with Crippen LogP contribution in [0.25, 0.3) is 11.0 Å². The second-order valence-corrected chi connectivity index (χ2v) is 4.55. The van der Waals surface area contributed by atoms with Crippen molar-refractivity contribution < 1.29 is 4.79 Å². The van der Waals surface area contributed by atoms with Crippen molar-refractivity contribution in [2.45, 2.75) is 6.42 Å². The fourth-order valence-corrected chi connectivity index (χ4v) is 1.78. The normalized spacial score (nSPS) is 11.1. The number of nitrogens with zero attached hydrogens (tertiary/aromatic N) is 2. The molecule has 1 heterocycles. The predicted molar refractivity (Wildman–Crippen MR) is 71.6 cm³/mol. The minimum atomic E-state index is -0.0368. The van der Waals surface area contributed by atoms with Crippen LogP contribution in [0.2, 0.25) is 0 Å². The van der Waals surface area contributed by atoms with Gasteiger partial charge in [0.25, 0.3) is 5.91 Å². The van der Waals surface area contributed by atoms with E-state index in [2.05, 4.69) is 20.2 Å². The Morgan fingerprint density at radius 1 is 1.44 bits per heavy atom. The Morgan fingerprint density at radius 3 is 3.06 bits per heavy atom. The van der Waals surface area contributed by atoms with Gasteiger partial charge in [0.15, 0.2) is 0 Å². The SMILES string of the molecule is CN(C)CCCNC(=O)c1ccc2nc[nH]c2c1. The van der Waals surface area contributed by atoms with Crippen LogP contribution >= 0.6 is 0 Å². The summed E-state index contributed by atoms with van der Waals surface area (Å²) in [6.07, 6.45) is 2.58. The maximum absolute atomic E-state index is 11.9. The van der Waals surface area contributed by atoms with E-state index < -0.39 is 0 Å². The molecule has 0 unspecified atom stereocenters. The topological polar surface area (TPSA) is 61.0 Å². The van der Waals surface area contributed by atoms with Gasteiger partial charge in [0.2, 0.25) is 0 Å². The largest absolute Gasteiger partial charge is 0.352 e. The first kappa shape index (κ1) is 12.6. The maximum atomic E-state index is 11.9. The highest BCUT2D eigenvalue weighted by Gasteiger charge is 2.06. The summed E-state index contributed by atoms with van der Waals surface area (Å²) in [5.74, 6) is -0.0368. The number of imidazole rings is 1. The third kappa shape index (κ3) is 3.07. The first-order valence-electron chi connectivity index (χ1n) is 6.03. The lowest BCUT2D eigenvalue weighted by Gasteiger charge is -2.09. The minimum Gasteiger partial charge on any atom is -0.352 e. The lowest BCUT2D eigenvalue weighted by atomic mass is 10.2. The van der Waals surface area contributed by atoms with Crippen molar-refractivity contribution in [3.8, 4) is 0 Å². The van der Waals surface area contributed by atoms with Gasteiger partial charge in [-0.3, -0.25) is 4.79 Å². The van der Waals surface area contributed by atoms with Crippen LogP contribution in [0.15, 0.2) is 24.5 Å². The molecule has 5 heteroatoms. The highest BCUT2D eigenvalue weighted by molar-refractivity contribution is 5.97. The van der Waals surface area contributed by atoms with Gasteiger partial charge in [0.05, 0.1) is 17.4 Å². The van der Waals surface area contributed by atoms with Crippen molar-refractivity contribution in [2.24, 2.45) is 0 Å². The molecule has 0 aliphatic carbocycles. The number of rotatable bonds is 5. The van der Waals surface area contributed by atoms with Gasteiger partial charge in [-0.25, -0.2) is 4.98 Å². The summed E-state index contributed by atoms with van der Waals surface area (Å²) >= 11 is 0. The molecule has 0 aliphatic rings. The number of hydrogen-bond acceptors (Lipinski definition) is 3. The summed E-state index contributed by atoms with van der Waals surface area (Å²) < 4.78 is 0. The van der Waals surface area contributed by atoms with Gasteiger partial charge in [-0.15, -0.1) is 0 Å². The number of H-pyrrole nitrogens is 1.